The molecule has 0 saturated carbocycles. The maximum Gasteiger partial charge on any atom is 0.283 e. The van der Waals surface area contributed by atoms with Gasteiger partial charge in [-0.15, -0.1) is 11.3 Å². The molecule has 0 saturated heterocycles. The average molecular weight is 565 g/mol. The Morgan fingerprint density at radius 3 is 2.42 bits per heavy atom. The molecule has 1 aliphatic rings. The van der Waals surface area contributed by atoms with Gasteiger partial charge in [0.2, 0.25) is 0 Å². The lowest BCUT2D eigenvalue weighted by Crippen LogP contribution is -2.32. The number of anilines is 3. The van der Waals surface area contributed by atoms with Gasteiger partial charge in [0.15, 0.2) is 5.13 Å². The Kier molecular flexibility index (Phi) is 7.15. The monoisotopic (exact) mass is 564 g/mol. The maximum atomic E-state index is 13.1. The lowest BCUT2D eigenvalue weighted by atomic mass is 10.2. The molecule has 0 fully saturated rings. The van der Waals surface area contributed by atoms with Crippen LogP contribution in [0.25, 0.3) is 11.3 Å². The first kappa shape index (κ1) is 25.5. The zero-order valence-corrected chi connectivity index (χ0v) is 22.0. The van der Waals surface area contributed by atoms with Gasteiger partial charge in [-0.25, -0.2) is 9.88 Å². The summed E-state index contributed by atoms with van der Waals surface area (Å²) in [6.07, 6.45) is 0. The molecule has 4 aromatic rings. The summed E-state index contributed by atoms with van der Waals surface area (Å²) in [5, 5.41) is 8.05. The summed E-state index contributed by atoms with van der Waals surface area (Å²) in [7, 11) is 1.42. The first-order chi connectivity index (χ1) is 18.4. The molecule has 0 bridgehead atoms. The predicted octanol–water partition coefficient (Wildman–Crippen LogP) is 6.16. The van der Waals surface area contributed by atoms with Crippen molar-refractivity contribution in [3.63, 3.8) is 0 Å². The predicted molar refractivity (Wildman–Crippen MR) is 149 cm³/mol. The molecule has 5 rings (SSSR count). The molecule has 8 nitrogen and oxygen atoms in total. The third-order valence-corrected chi connectivity index (χ3v) is 6.96. The zero-order chi connectivity index (χ0) is 26.8. The fourth-order valence-electron chi connectivity index (χ4n) is 3.76. The van der Waals surface area contributed by atoms with E-state index in [9.17, 15) is 14.4 Å². The number of thiazole rings is 1. The summed E-state index contributed by atoms with van der Waals surface area (Å²) >= 11 is 13.6. The Morgan fingerprint density at radius 1 is 0.974 bits per heavy atom. The minimum Gasteiger partial charge on any atom is -0.495 e. The SMILES string of the molecule is COc1ccc(Cl)cc1N1C(=O)C(Cl)=C(Nc2ccc(C(=O)Nc3nc(-c4ccccc4)cs3)cc2)C1=O. The Bertz CT molecular complexity index is 1590. The van der Waals surface area contributed by atoms with Gasteiger partial charge in [-0.1, -0.05) is 53.5 Å². The molecule has 11 heteroatoms. The molecule has 0 atom stereocenters. The Balaban J connectivity index is 1.28. The zero-order valence-electron chi connectivity index (χ0n) is 19.7. The highest BCUT2D eigenvalue weighted by molar-refractivity contribution is 7.14. The van der Waals surface area contributed by atoms with E-state index in [0.29, 0.717) is 21.4 Å². The minimum atomic E-state index is -0.714. The van der Waals surface area contributed by atoms with Crippen LogP contribution < -0.4 is 20.3 Å². The number of imide groups is 1. The number of rotatable bonds is 7. The van der Waals surface area contributed by atoms with E-state index >= 15 is 0 Å². The van der Waals surface area contributed by atoms with Crippen LogP contribution in [-0.4, -0.2) is 29.8 Å². The number of ether oxygens (including phenoxy) is 1. The van der Waals surface area contributed by atoms with E-state index in [-0.39, 0.29) is 28.1 Å². The van der Waals surface area contributed by atoms with Crippen molar-refractivity contribution in [3.8, 4) is 17.0 Å². The Labute approximate surface area is 231 Å². The van der Waals surface area contributed by atoms with Gasteiger partial charge in [-0.3, -0.25) is 19.7 Å². The number of amides is 3. The van der Waals surface area contributed by atoms with Crippen LogP contribution in [0, 0.1) is 0 Å². The molecule has 0 spiro atoms. The van der Waals surface area contributed by atoms with E-state index in [2.05, 4.69) is 15.6 Å². The molecule has 1 aromatic heterocycles. The van der Waals surface area contributed by atoms with Crippen molar-refractivity contribution >= 4 is 68.8 Å². The molecule has 2 N–H and O–H groups in total. The number of methoxy groups -OCH3 is 1. The highest BCUT2D eigenvalue weighted by Gasteiger charge is 2.40. The third kappa shape index (κ3) is 4.99. The van der Waals surface area contributed by atoms with Crippen molar-refractivity contribution < 1.29 is 19.1 Å². The minimum absolute atomic E-state index is 0.105. The van der Waals surface area contributed by atoms with Crippen molar-refractivity contribution in [2.24, 2.45) is 0 Å². The standard InChI is InChI=1S/C27H18Cl2N4O4S/c1-37-21-12-9-17(28)13-20(21)33-25(35)22(29)23(26(33)36)30-18-10-7-16(8-11-18)24(34)32-27-31-19(14-38-27)15-5-3-2-4-6-15/h2-14,30H,1H3,(H,31,32,34). The van der Waals surface area contributed by atoms with Crippen molar-refractivity contribution in [3.05, 3.63) is 99.5 Å². The molecule has 0 aliphatic carbocycles. The van der Waals surface area contributed by atoms with Crippen molar-refractivity contribution in [1.29, 1.82) is 0 Å². The van der Waals surface area contributed by atoms with E-state index in [1.165, 1.54) is 24.5 Å². The van der Waals surface area contributed by atoms with Crippen LogP contribution in [0.5, 0.6) is 5.75 Å². The van der Waals surface area contributed by atoms with Crippen LogP contribution in [0.4, 0.5) is 16.5 Å². The largest absolute Gasteiger partial charge is 0.495 e. The van der Waals surface area contributed by atoms with Crippen LogP contribution in [0.1, 0.15) is 10.4 Å². The second kappa shape index (κ2) is 10.7. The number of hydrogen-bond donors (Lipinski definition) is 2. The summed E-state index contributed by atoms with van der Waals surface area (Å²) in [6, 6.07) is 20.6. The third-order valence-electron chi connectivity index (χ3n) is 5.62. The molecule has 2 heterocycles. The molecule has 38 heavy (non-hydrogen) atoms. The Hall–Kier alpha value is -4.18. The number of carbonyl (C=O) groups excluding carboxylic acids is 3. The number of halogens is 2. The highest BCUT2D eigenvalue weighted by atomic mass is 35.5. The number of benzene rings is 3. The van der Waals surface area contributed by atoms with Gasteiger partial charge in [-0.05, 0) is 42.5 Å². The normalized spacial score (nSPS) is 13.2. The van der Waals surface area contributed by atoms with Gasteiger partial charge in [0.05, 0.1) is 18.5 Å². The van der Waals surface area contributed by atoms with Crippen molar-refractivity contribution in [1.82, 2.24) is 4.98 Å². The number of carbonyl (C=O) groups is 3. The van der Waals surface area contributed by atoms with Gasteiger partial charge in [0.1, 0.15) is 16.5 Å². The smallest absolute Gasteiger partial charge is 0.283 e. The van der Waals surface area contributed by atoms with Crippen molar-refractivity contribution in [2.75, 3.05) is 22.6 Å². The van der Waals surface area contributed by atoms with Crippen LogP contribution in [0.3, 0.4) is 0 Å². The molecule has 3 amide bonds. The van der Waals surface area contributed by atoms with Gasteiger partial charge in [0.25, 0.3) is 17.7 Å². The highest BCUT2D eigenvalue weighted by Crippen LogP contribution is 2.37. The van der Waals surface area contributed by atoms with E-state index < -0.39 is 11.8 Å². The Morgan fingerprint density at radius 2 is 1.71 bits per heavy atom. The van der Waals surface area contributed by atoms with Crippen molar-refractivity contribution in [2.45, 2.75) is 0 Å². The van der Waals surface area contributed by atoms with Gasteiger partial charge < -0.3 is 10.1 Å². The second-order valence-corrected chi connectivity index (χ2v) is 9.68. The van der Waals surface area contributed by atoms with E-state index in [4.69, 9.17) is 27.9 Å². The fraction of sp³-hybridized carbons (Fsp3) is 0.0370. The number of nitrogens with one attached hydrogen (secondary N) is 2. The number of hydrogen-bond acceptors (Lipinski definition) is 7. The molecule has 1 aliphatic heterocycles. The maximum absolute atomic E-state index is 13.1. The number of aromatic nitrogens is 1. The summed E-state index contributed by atoms with van der Waals surface area (Å²) in [5.74, 6) is -1.43. The molecule has 190 valence electrons. The lowest BCUT2D eigenvalue weighted by molar-refractivity contribution is -0.120. The average Bonchev–Trinajstić information content (AvgIpc) is 3.48. The van der Waals surface area contributed by atoms with E-state index in [1.54, 1.807) is 36.4 Å². The van der Waals surface area contributed by atoms with Crippen LogP contribution in [-0.2, 0) is 9.59 Å². The second-order valence-electron chi connectivity index (χ2n) is 8.01. The topological polar surface area (TPSA) is 101 Å². The first-order valence-corrected chi connectivity index (χ1v) is 12.8. The van der Waals surface area contributed by atoms with Gasteiger partial charge in [-0.2, -0.15) is 0 Å². The molecular weight excluding hydrogens is 547 g/mol. The van der Waals surface area contributed by atoms with Crippen LogP contribution in [0.15, 0.2) is 88.9 Å². The van der Waals surface area contributed by atoms with Gasteiger partial charge in [0, 0.05) is 27.2 Å². The van der Waals surface area contributed by atoms with Crippen LogP contribution >= 0.6 is 34.5 Å². The summed E-state index contributed by atoms with van der Waals surface area (Å²) in [6.45, 7) is 0. The summed E-state index contributed by atoms with van der Waals surface area (Å²) in [4.78, 5) is 44.0. The van der Waals surface area contributed by atoms with Crippen LogP contribution in [0.2, 0.25) is 5.02 Å². The fourth-order valence-corrected chi connectivity index (χ4v) is 4.85. The quantitative estimate of drug-likeness (QED) is 0.261. The first-order valence-electron chi connectivity index (χ1n) is 11.2. The molecule has 3 aromatic carbocycles. The van der Waals surface area contributed by atoms with Gasteiger partial charge >= 0.3 is 0 Å². The molecule has 0 unspecified atom stereocenters. The molecular formula is C27H18Cl2N4O4S. The van der Waals surface area contributed by atoms with E-state index in [0.717, 1.165) is 16.2 Å². The molecule has 0 radical (unpaired) electrons. The van der Waals surface area contributed by atoms with E-state index in [1.807, 2.05) is 35.7 Å². The summed E-state index contributed by atoms with van der Waals surface area (Å²) < 4.78 is 5.27. The summed E-state index contributed by atoms with van der Waals surface area (Å²) in [5.41, 5.74) is 2.64. The lowest BCUT2D eigenvalue weighted by Gasteiger charge is -2.18. The number of nitrogens with zero attached hydrogens (tertiary/aromatic N) is 2.